The highest BCUT2D eigenvalue weighted by molar-refractivity contribution is 5.75. The second kappa shape index (κ2) is 7.19. The van der Waals surface area contributed by atoms with Crippen LogP contribution in [0.3, 0.4) is 0 Å². The fourth-order valence-electron chi connectivity index (χ4n) is 3.48. The fraction of sp³-hybridized carbons (Fsp3) is 0.300. The zero-order valence-corrected chi connectivity index (χ0v) is 15.2. The number of carbonyl (C=O) groups is 1. The largest absolute Gasteiger partial charge is 0.420 e. The molecule has 7 nitrogen and oxygen atoms in total. The summed E-state index contributed by atoms with van der Waals surface area (Å²) >= 11 is 0. The van der Waals surface area contributed by atoms with Crippen molar-refractivity contribution in [2.24, 2.45) is 0 Å². The first-order valence-corrected chi connectivity index (χ1v) is 9.03. The highest BCUT2D eigenvalue weighted by atomic mass is 16.4. The molecule has 0 fully saturated rings. The Labute approximate surface area is 156 Å². The smallest absolute Gasteiger partial charge is 0.408 e. The summed E-state index contributed by atoms with van der Waals surface area (Å²) in [5.41, 5.74) is 3.58. The lowest BCUT2D eigenvalue weighted by atomic mass is 10.1. The van der Waals surface area contributed by atoms with E-state index in [4.69, 9.17) is 4.42 Å². The Balaban J connectivity index is 1.41. The van der Waals surface area contributed by atoms with Crippen molar-refractivity contribution in [3.05, 3.63) is 64.6 Å². The lowest BCUT2D eigenvalue weighted by Crippen LogP contribution is -2.42. The van der Waals surface area contributed by atoms with Gasteiger partial charge in [0.15, 0.2) is 5.58 Å². The summed E-state index contributed by atoms with van der Waals surface area (Å²) in [6.45, 7) is 2.71. The van der Waals surface area contributed by atoms with Crippen LogP contribution in [0.2, 0.25) is 0 Å². The molecule has 1 aliphatic rings. The summed E-state index contributed by atoms with van der Waals surface area (Å²) in [6, 6.07) is 15.3. The molecule has 0 saturated carbocycles. The first kappa shape index (κ1) is 17.2. The molecule has 0 saturated heterocycles. The van der Waals surface area contributed by atoms with Gasteiger partial charge in [-0.25, -0.2) is 9.59 Å². The van der Waals surface area contributed by atoms with E-state index < -0.39 is 5.76 Å². The zero-order valence-electron chi connectivity index (χ0n) is 15.2. The first-order valence-electron chi connectivity index (χ1n) is 9.03. The lowest BCUT2D eigenvalue weighted by Gasteiger charge is -2.21. The van der Waals surface area contributed by atoms with Crippen LogP contribution in [-0.2, 0) is 13.1 Å². The molecule has 140 valence electrons. The van der Waals surface area contributed by atoms with Gasteiger partial charge in [-0.3, -0.25) is 4.57 Å². The highest BCUT2D eigenvalue weighted by Gasteiger charge is 2.20. The molecule has 0 radical (unpaired) electrons. The number of urea groups is 1. The van der Waals surface area contributed by atoms with Gasteiger partial charge in [0.2, 0.25) is 0 Å². The van der Waals surface area contributed by atoms with Gasteiger partial charge in [-0.1, -0.05) is 30.3 Å². The molecule has 1 N–H and O–H groups in total. The van der Waals surface area contributed by atoms with Crippen molar-refractivity contribution in [2.75, 3.05) is 31.6 Å². The van der Waals surface area contributed by atoms with Gasteiger partial charge in [0.05, 0.1) is 5.52 Å². The molecule has 2 amide bonds. The van der Waals surface area contributed by atoms with Crippen LogP contribution in [-0.4, -0.2) is 42.2 Å². The molecule has 7 heteroatoms. The number of nitrogens with one attached hydrogen (secondary N) is 1. The van der Waals surface area contributed by atoms with Gasteiger partial charge in [-0.2, -0.15) is 0 Å². The van der Waals surface area contributed by atoms with Crippen LogP contribution in [0.1, 0.15) is 5.56 Å². The van der Waals surface area contributed by atoms with Gasteiger partial charge in [0.1, 0.15) is 0 Å². The summed E-state index contributed by atoms with van der Waals surface area (Å²) in [5, 5.41) is 2.92. The molecule has 4 rings (SSSR count). The number of fused-ring (bicyclic) bond motifs is 2. The molecule has 2 aromatic carbocycles. The van der Waals surface area contributed by atoms with E-state index in [1.165, 1.54) is 0 Å². The molecule has 0 atom stereocenters. The van der Waals surface area contributed by atoms with Gasteiger partial charge in [0, 0.05) is 45.5 Å². The third kappa shape index (κ3) is 3.40. The van der Waals surface area contributed by atoms with Crippen LogP contribution >= 0.6 is 0 Å². The average molecular weight is 366 g/mol. The molecule has 3 aromatic rings. The Kier molecular flexibility index (Phi) is 4.58. The van der Waals surface area contributed by atoms with Crippen molar-refractivity contribution in [2.45, 2.75) is 13.1 Å². The lowest BCUT2D eigenvalue weighted by molar-refractivity contribution is 0.197. The Hall–Kier alpha value is -3.22. The van der Waals surface area contributed by atoms with Crippen molar-refractivity contribution < 1.29 is 9.21 Å². The molecule has 2 heterocycles. The number of anilines is 1. The number of aromatic nitrogens is 1. The molecule has 27 heavy (non-hydrogen) atoms. The number of nitrogens with zero attached hydrogens (tertiary/aromatic N) is 3. The topological polar surface area (TPSA) is 70.7 Å². The Morgan fingerprint density at radius 3 is 2.78 bits per heavy atom. The van der Waals surface area contributed by atoms with E-state index in [2.05, 4.69) is 22.3 Å². The maximum atomic E-state index is 12.6. The zero-order chi connectivity index (χ0) is 18.8. The number of rotatable bonds is 3. The first-order chi connectivity index (χ1) is 13.1. The predicted octanol–water partition coefficient (Wildman–Crippen LogP) is 2.26. The Bertz CT molecular complexity index is 1020. The number of benzene rings is 2. The van der Waals surface area contributed by atoms with E-state index in [9.17, 15) is 9.59 Å². The van der Waals surface area contributed by atoms with E-state index >= 15 is 0 Å². The van der Waals surface area contributed by atoms with Crippen molar-refractivity contribution >= 4 is 22.8 Å². The normalized spacial score (nSPS) is 14.1. The molecule has 1 aromatic heterocycles. The standard InChI is InChI=1S/C20H22N4O3/c1-22-12-13-23(14-15-6-2-3-7-16(15)22)19(25)21-10-11-24-17-8-4-5-9-18(17)27-20(24)26/h2-9H,10-14H2,1H3,(H,21,25). The van der Waals surface area contributed by atoms with E-state index in [-0.39, 0.29) is 6.03 Å². The molecule has 0 bridgehead atoms. The number of amides is 2. The van der Waals surface area contributed by atoms with E-state index in [0.29, 0.717) is 31.8 Å². The molecular formula is C20H22N4O3. The maximum absolute atomic E-state index is 12.6. The van der Waals surface area contributed by atoms with Crippen LogP contribution < -0.4 is 16.0 Å². The van der Waals surface area contributed by atoms with Crippen molar-refractivity contribution in [1.29, 1.82) is 0 Å². The Morgan fingerprint density at radius 1 is 1.11 bits per heavy atom. The molecule has 0 spiro atoms. The summed E-state index contributed by atoms with van der Waals surface area (Å²) in [7, 11) is 2.04. The number of hydrogen-bond acceptors (Lipinski definition) is 4. The van der Waals surface area contributed by atoms with Gasteiger partial charge in [0.25, 0.3) is 0 Å². The number of likely N-dealkylation sites (N-methyl/N-ethyl adjacent to an activating group) is 1. The van der Waals surface area contributed by atoms with Crippen molar-refractivity contribution in [3.63, 3.8) is 0 Å². The minimum Gasteiger partial charge on any atom is -0.408 e. The molecule has 0 unspecified atom stereocenters. The highest BCUT2D eigenvalue weighted by Crippen LogP contribution is 2.23. The summed E-state index contributed by atoms with van der Waals surface area (Å²) in [4.78, 5) is 28.6. The van der Waals surface area contributed by atoms with Crippen LogP contribution in [0.25, 0.3) is 11.1 Å². The van der Waals surface area contributed by atoms with Crippen LogP contribution in [0.15, 0.2) is 57.7 Å². The second-order valence-corrected chi connectivity index (χ2v) is 6.69. The fourth-order valence-corrected chi connectivity index (χ4v) is 3.48. The number of carbonyl (C=O) groups excluding carboxylic acids is 1. The Morgan fingerprint density at radius 2 is 1.89 bits per heavy atom. The maximum Gasteiger partial charge on any atom is 0.420 e. The van der Waals surface area contributed by atoms with E-state index in [0.717, 1.165) is 23.3 Å². The number of para-hydroxylation sites is 3. The summed E-state index contributed by atoms with van der Waals surface area (Å²) in [6.07, 6.45) is 0. The third-order valence-corrected chi connectivity index (χ3v) is 4.94. The SMILES string of the molecule is CN1CCN(C(=O)NCCn2c(=O)oc3ccccc32)Cc2ccccc21. The number of hydrogen-bond donors (Lipinski definition) is 1. The molecular weight excluding hydrogens is 344 g/mol. The van der Waals surface area contributed by atoms with Gasteiger partial charge in [-0.15, -0.1) is 0 Å². The van der Waals surface area contributed by atoms with E-state index in [1.54, 1.807) is 15.5 Å². The third-order valence-electron chi connectivity index (χ3n) is 4.94. The molecule has 0 aliphatic carbocycles. The second-order valence-electron chi connectivity index (χ2n) is 6.69. The van der Waals surface area contributed by atoms with Gasteiger partial charge >= 0.3 is 11.8 Å². The van der Waals surface area contributed by atoms with Crippen LogP contribution in [0, 0.1) is 0 Å². The van der Waals surface area contributed by atoms with E-state index in [1.807, 2.05) is 37.4 Å². The van der Waals surface area contributed by atoms with Crippen LogP contribution in [0.4, 0.5) is 10.5 Å². The number of oxazole rings is 1. The van der Waals surface area contributed by atoms with Gasteiger partial charge in [-0.05, 0) is 23.8 Å². The van der Waals surface area contributed by atoms with Crippen LogP contribution in [0.5, 0.6) is 0 Å². The average Bonchev–Trinajstić information content (AvgIpc) is 2.89. The van der Waals surface area contributed by atoms with Crippen molar-refractivity contribution in [3.8, 4) is 0 Å². The predicted molar refractivity (Wildman–Crippen MR) is 104 cm³/mol. The quantitative estimate of drug-likeness (QED) is 0.772. The van der Waals surface area contributed by atoms with Crippen molar-refractivity contribution in [1.82, 2.24) is 14.8 Å². The summed E-state index contributed by atoms with van der Waals surface area (Å²) in [5.74, 6) is -0.407. The monoisotopic (exact) mass is 366 g/mol. The minimum absolute atomic E-state index is 0.124. The van der Waals surface area contributed by atoms with Gasteiger partial charge < -0.3 is 19.5 Å². The summed E-state index contributed by atoms with van der Waals surface area (Å²) < 4.78 is 6.76. The molecule has 1 aliphatic heterocycles. The minimum atomic E-state index is -0.407.